The van der Waals surface area contributed by atoms with Gasteiger partial charge in [-0.1, -0.05) is 0 Å². The molecule has 0 atom stereocenters. The van der Waals surface area contributed by atoms with Crippen molar-refractivity contribution in [3.05, 3.63) is 11.9 Å². The van der Waals surface area contributed by atoms with Crippen molar-refractivity contribution in [3.63, 3.8) is 0 Å². The molecule has 0 amide bonds. The van der Waals surface area contributed by atoms with E-state index in [0.29, 0.717) is 0 Å². The van der Waals surface area contributed by atoms with Crippen molar-refractivity contribution in [1.82, 2.24) is 15.3 Å². The minimum atomic E-state index is 0.0571. The van der Waals surface area contributed by atoms with Crippen molar-refractivity contribution >= 4 is 11.6 Å². The second-order valence-electron chi connectivity index (χ2n) is 6.10. The van der Waals surface area contributed by atoms with Gasteiger partial charge in [-0.15, -0.1) is 0 Å². The number of piperazine rings is 1. The molecule has 19 heavy (non-hydrogen) atoms. The minimum absolute atomic E-state index is 0.0571. The van der Waals surface area contributed by atoms with Crippen molar-refractivity contribution in [2.75, 3.05) is 43.0 Å². The highest BCUT2D eigenvalue weighted by atomic mass is 15.3. The van der Waals surface area contributed by atoms with Gasteiger partial charge in [-0.25, -0.2) is 9.97 Å². The van der Waals surface area contributed by atoms with Crippen molar-refractivity contribution < 1.29 is 0 Å². The number of nitrogens with zero attached hydrogens (tertiary/aromatic N) is 4. The number of aryl methyl sites for hydroxylation is 1. The number of nitrogens with one attached hydrogen (secondary N) is 1. The van der Waals surface area contributed by atoms with Crippen molar-refractivity contribution in [2.45, 2.75) is 33.2 Å². The molecule has 0 aromatic carbocycles. The van der Waals surface area contributed by atoms with Crippen molar-refractivity contribution in [3.8, 4) is 0 Å². The van der Waals surface area contributed by atoms with Crippen LogP contribution in [0.3, 0.4) is 0 Å². The summed E-state index contributed by atoms with van der Waals surface area (Å²) in [5, 5.41) is 3.37. The van der Waals surface area contributed by atoms with Gasteiger partial charge in [-0.05, 0) is 27.7 Å². The van der Waals surface area contributed by atoms with Crippen LogP contribution in [0, 0.1) is 6.92 Å². The van der Waals surface area contributed by atoms with Gasteiger partial charge in [0.2, 0.25) is 0 Å². The number of anilines is 2. The lowest BCUT2D eigenvalue weighted by Gasteiger charge is -2.34. The fraction of sp³-hybridized carbons (Fsp3) is 0.714. The Kier molecular flexibility index (Phi) is 3.94. The molecule has 1 fully saturated rings. The summed E-state index contributed by atoms with van der Waals surface area (Å²) in [6.07, 6.45) is 0. The van der Waals surface area contributed by atoms with Gasteiger partial charge in [0.15, 0.2) is 0 Å². The number of hydrogen-bond acceptors (Lipinski definition) is 5. The maximum Gasteiger partial charge on any atom is 0.134 e. The van der Waals surface area contributed by atoms with E-state index in [-0.39, 0.29) is 5.54 Å². The Morgan fingerprint density at radius 1 is 1.21 bits per heavy atom. The van der Waals surface area contributed by atoms with E-state index >= 15 is 0 Å². The fourth-order valence-electron chi connectivity index (χ4n) is 2.11. The van der Waals surface area contributed by atoms with Crippen molar-refractivity contribution in [1.29, 1.82) is 0 Å². The quantitative estimate of drug-likeness (QED) is 0.874. The third kappa shape index (κ3) is 3.35. The minimum Gasteiger partial charge on any atom is -0.355 e. The number of rotatable bonds is 2. The van der Waals surface area contributed by atoms with E-state index in [1.165, 1.54) is 0 Å². The second-order valence-corrected chi connectivity index (χ2v) is 6.10. The monoisotopic (exact) mass is 263 g/mol. The molecule has 1 N–H and O–H groups in total. The molecule has 106 valence electrons. The molecule has 5 nitrogen and oxygen atoms in total. The molecule has 0 unspecified atom stereocenters. The van der Waals surface area contributed by atoms with Gasteiger partial charge < -0.3 is 15.1 Å². The first kappa shape index (κ1) is 14.1. The Morgan fingerprint density at radius 2 is 1.84 bits per heavy atom. The Morgan fingerprint density at radius 3 is 2.42 bits per heavy atom. The zero-order valence-corrected chi connectivity index (χ0v) is 12.7. The molecular formula is C14H25N5. The van der Waals surface area contributed by atoms with Crippen LogP contribution in [0.4, 0.5) is 11.6 Å². The van der Waals surface area contributed by atoms with Gasteiger partial charge in [0.05, 0.1) is 0 Å². The van der Waals surface area contributed by atoms with Gasteiger partial charge in [0.25, 0.3) is 0 Å². The lowest BCUT2D eigenvalue weighted by Crippen LogP contribution is -2.44. The molecule has 0 spiro atoms. The molecule has 1 saturated heterocycles. The summed E-state index contributed by atoms with van der Waals surface area (Å²) in [5.41, 5.74) is 0.0571. The molecule has 0 radical (unpaired) electrons. The normalized spacial score (nSPS) is 16.6. The van der Waals surface area contributed by atoms with Crippen LogP contribution in [0.5, 0.6) is 0 Å². The van der Waals surface area contributed by atoms with Crippen LogP contribution in [0.1, 0.15) is 26.6 Å². The van der Waals surface area contributed by atoms with E-state index in [1.54, 1.807) is 0 Å². The summed E-state index contributed by atoms with van der Waals surface area (Å²) in [6.45, 7) is 12.6. The molecule has 2 rings (SSSR count). The summed E-state index contributed by atoms with van der Waals surface area (Å²) >= 11 is 0. The standard InChI is InChI=1S/C14H25N5/c1-11-16-12(18(5)14(2,3)4)10-13(17-11)19-8-6-15-7-9-19/h10,15H,6-9H2,1-5H3. The van der Waals surface area contributed by atoms with Gasteiger partial charge in [-0.3, -0.25) is 0 Å². The van der Waals surface area contributed by atoms with Crippen LogP contribution >= 0.6 is 0 Å². The maximum atomic E-state index is 4.58. The van der Waals surface area contributed by atoms with E-state index in [2.05, 4.69) is 59.0 Å². The average molecular weight is 263 g/mol. The predicted molar refractivity (Wildman–Crippen MR) is 80.0 cm³/mol. The summed E-state index contributed by atoms with van der Waals surface area (Å²) in [5.74, 6) is 2.87. The molecule has 5 heteroatoms. The van der Waals surface area contributed by atoms with E-state index in [4.69, 9.17) is 0 Å². The van der Waals surface area contributed by atoms with E-state index in [0.717, 1.165) is 43.6 Å². The van der Waals surface area contributed by atoms with Crippen LogP contribution in [0.2, 0.25) is 0 Å². The van der Waals surface area contributed by atoms with Gasteiger partial charge >= 0.3 is 0 Å². The molecule has 1 aliphatic rings. The second kappa shape index (κ2) is 5.33. The first-order valence-electron chi connectivity index (χ1n) is 6.93. The Hall–Kier alpha value is -1.36. The third-order valence-corrected chi connectivity index (χ3v) is 3.60. The summed E-state index contributed by atoms with van der Waals surface area (Å²) in [4.78, 5) is 13.7. The molecule has 1 aromatic heterocycles. The van der Waals surface area contributed by atoms with Crippen LogP contribution in [-0.2, 0) is 0 Å². The SMILES string of the molecule is Cc1nc(N2CCNCC2)cc(N(C)C(C)(C)C)n1. The maximum absolute atomic E-state index is 4.58. The predicted octanol–water partition coefficient (Wildman–Crippen LogP) is 1.43. The molecule has 2 heterocycles. The summed E-state index contributed by atoms with van der Waals surface area (Å²) < 4.78 is 0. The summed E-state index contributed by atoms with van der Waals surface area (Å²) in [7, 11) is 2.09. The molecule has 1 aromatic rings. The van der Waals surface area contributed by atoms with Crippen LogP contribution in [0.25, 0.3) is 0 Å². The molecule has 0 bridgehead atoms. The Balaban J connectivity index is 2.28. The van der Waals surface area contributed by atoms with Gasteiger partial charge in [-0.2, -0.15) is 0 Å². The zero-order valence-electron chi connectivity index (χ0n) is 12.7. The topological polar surface area (TPSA) is 44.3 Å². The van der Waals surface area contributed by atoms with E-state index in [1.807, 2.05) is 6.92 Å². The number of aromatic nitrogens is 2. The number of hydrogen-bond donors (Lipinski definition) is 1. The highest BCUT2D eigenvalue weighted by molar-refractivity contribution is 5.52. The molecule has 0 aliphatic carbocycles. The highest BCUT2D eigenvalue weighted by Gasteiger charge is 2.21. The van der Waals surface area contributed by atoms with Crippen molar-refractivity contribution in [2.24, 2.45) is 0 Å². The average Bonchev–Trinajstić information content (AvgIpc) is 2.37. The van der Waals surface area contributed by atoms with Crippen LogP contribution in [0.15, 0.2) is 6.07 Å². The van der Waals surface area contributed by atoms with Crippen LogP contribution in [-0.4, -0.2) is 48.7 Å². The molecule has 0 saturated carbocycles. The largest absolute Gasteiger partial charge is 0.355 e. The fourth-order valence-corrected chi connectivity index (χ4v) is 2.11. The summed E-state index contributed by atoms with van der Waals surface area (Å²) in [6, 6.07) is 2.10. The van der Waals surface area contributed by atoms with E-state index < -0.39 is 0 Å². The van der Waals surface area contributed by atoms with Crippen LogP contribution < -0.4 is 15.1 Å². The zero-order chi connectivity index (χ0) is 14.0. The third-order valence-electron chi connectivity index (χ3n) is 3.60. The lowest BCUT2D eigenvalue weighted by atomic mass is 10.1. The Labute approximate surface area is 116 Å². The lowest BCUT2D eigenvalue weighted by molar-refractivity contribution is 0.532. The smallest absolute Gasteiger partial charge is 0.134 e. The van der Waals surface area contributed by atoms with E-state index in [9.17, 15) is 0 Å². The molecular weight excluding hydrogens is 238 g/mol. The first-order valence-corrected chi connectivity index (χ1v) is 6.93. The highest BCUT2D eigenvalue weighted by Crippen LogP contribution is 2.23. The Bertz CT molecular complexity index is 432. The van der Waals surface area contributed by atoms with Gasteiger partial charge in [0.1, 0.15) is 17.5 Å². The van der Waals surface area contributed by atoms with Gasteiger partial charge in [0, 0.05) is 44.8 Å². The molecule has 1 aliphatic heterocycles. The first-order chi connectivity index (χ1) is 8.88.